The zero-order valence-electron chi connectivity index (χ0n) is 18.0. The van der Waals surface area contributed by atoms with Crippen molar-refractivity contribution in [3.63, 3.8) is 0 Å². The van der Waals surface area contributed by atoms with Gasteiger partial charge in [0.1, 0.15) is 0 Å². The second-order valence-electron chi connectivity index (χ2n) is 9.69. The van der Waals surface area contributed by atoms with E-state index >= 15 is 0 Å². The van der Waals surface area contributed by atoms with Crippen LogP contribution in [0.15, 0.2) is 18.3 Å². The molecule has 0 radical (unpaired) electrons. The van der Waals surface area contributed by atoms with Crippen LogP contribution in [0, 0.1) is 17.8 Å². The first kappa shape index (κ1) is 20.4. The third-order valence-corrected chi connectivity index (χ3v) is 7.66. The van der Waals surface area contributed by atoms with Crippen LogP contribution in [0.4, 0.5) is 14.6 Å². The number of morpholine rings is 1. The molecule has 2 aromatic heterocycles. The molecule has 2 aromatic rings. The van der Waals surface area contributed by atoms with Crippen LogP contribution in [0.1, 0.15) is 37.3 Å². The van der Waals surface area contributed by atoms with Gasteiger partial charge in [-0.25, -0.2) is 4.98 Å². The Morgan fingerprint density at radius 1 is 1.16 bits per heavy atom. The Morgan fingerprint density at radius 2 is 1.91 bits per heavy atom. The molecule has 4 fully saturated rings. The quantitative estimate of drug-likeness (QED) is 0.704. The lowest BCUT2D eigenvalue weighted by Gasteiger charge is -2.33. The average molecular weight is 446 g/mol. The summed E-state index contributed by atoms with van der Waals surface area (Å²) in [5, 5.41) is 4.87. The van der Waals surface area contributed by atoms with Gasteiger partial charge in [0, 0.05) is 49.0 Å². The third-order valence-electron chi connectivity index (χ3n) is 7.66. The van der Waals surface area contributed by atoms with E-state index in [0.29, 0.717) is 35.3 Å². The SMILES string of the molecule is Nc1ncc(-c2cc(C3[C@H]4CC(N5CCOCC5)C[C@@H]34)n(CC3CC3)n2)cc1OC(F)F. The normalized spacial score (nSPS) is 30.0. The molecule has 1 saturated heterocycles. The van der Waals surface area contributed by atoms with Gasteiger partial charge in [0.05, 0.1) is 18.9 Å². The topological polar surface area (TPSA) is 78.4 Å². The summed E-state index contributed by atoms with van der Waals surface area (Å²) in [6.07, 6.45) is 6.58. The van der Waals surface area contributed by atoms with Crippen LogP contribution in [0.5, 0.6) is 5.75 Å². The van der Waals surface area contributed by atoms with E-state index in [-0.39, 0.29) is 11.6 Å². The fourth-order valence-electron chi connectivity index (χ4n) is 5.81. The van der Waals surface area contributed by atoms with Crippen molar-refractivity contribution in [3.05, 3.63) is 24.0 Å². The number of nitrogen functional groups attached to an aromatic ring is 1. The van der Waals surface area contributed by atoms with Crippen molar-refractivity contribution in [1.29, 1.82) is 0 Å². The molecular formula is C23H29F2N5O2. The Balaban J connectivity index is 1.23. The van der Waals surface area contributed by atoms with E-state index in [1.807, 2.05) is 0 Å². The molecule has 2 N–H and O–H groups in total. The molecule has 3 heterocycles. The Kier molecular flexibility index (Phi) is 5.06. The molecule has 7 nitrogen and oxygen atoms in total. The summed E-state index contributed by atoms with van der Waals surface area (Å²) in [4.78, 5) is 6.66. The van der Waals surface area contributed by atoms with Gasteiger partial charge in [-0.05, 0) is 55.6 Å². The first-order chi connectivity index (χ1) is 15.6. The molecule has 0 bridgehead atoms. The van der Waals surface area contributed by atoms with Gasteiger partial charge in [0.2, 0.25) is 0 Å². The van der Waals surface area contributed by atoms with Crippen LogP contribution in [0.2, 0.25) is 0 Å². The Morgan fingerprint density at radius 3 is 2.59 bits per heavy atom. The molecule has 2 unspecified atom stereocenters. The Bertz CT molecular complexity index is 977. The number of rotatable bonds is 7. The number of anilines is 1. The highest BCUT2D eigenvalue weighted by molar-refractivity contribution is 5.64. The second-order valence-corrected chi connectivity index (χ2v) is 9.69. The van der Waals surface area contributed by atoms with E-state index in [9.17, 15) is 8.78 Å². The Labute approximate surface area is 185 Å². The number of nitrogens with two attached hydrogens (primary N) is 1. The number of aromatic nitrogens is 3. The van der Waals surface area contributed by atoms with Gasteiger partial charge in [-0.1, -0.05) is 0 Å². The van der Waals surface area contributed by atoms with Crippen LogP contribution in [0.3, 0.4) is 0 Å². The van der Waals surface area contributed by atoms with Crippen molar-refractivity contribution in [2.75, 3.05) is 32.0 Å². The van der Waals surface area contributed by atoms with E-state index in [0.717, 1.165) is 38.5 Å². The number of pyridine rings is 1. The van der Waals surface area contributed by atoms with Crippen LogP contribution in [-0.2, 0) is 11.3 Å². The number of hydrogen-bond acceptors (Lipinski definition) is 6. The van der Waals surface area contributed by atoms with E-state index in [4.69, 9.17) is 15.6 Å². The molecule has 0 amide bonds. The van der Waals surface area contributed by atoms with Gasteiger partial charge in [-0.3, -0.25) is 9.58 Å². The van der Waals surface area contributed by atoms with E-state index in [1.54, 1.807) is 6.20 Å². The maximum absolute atomic E-state index is 12.7. The molecule has 172 valence electrons. The zero-order chi connectivity index (χ0) is 21.8. The van der Waals surface area contributed by atoms with Gasteiger partial charge < -0.3 is 15.2 Å². The first-order valence-electron chi connectivity index (χ1n) is 11.7. The van der Waals surface area contributed by atoms with Crippen molar-refractivity contribution >= 4 is 5.82 Å². The molecule has 6 rings (SSSR count). The van der Waals surface area contributed by atoms with Crippen LogP contribution in [0.25, 0.3) is 11.3 Å². The molecule has 0 aromatic carbocycles. The maximum atomic E-state index is 12.7. The second kappa shape index (κ2) is 7.95. The highest BCUT2D eigenvalue weighted by atomic mass is 19.3. The lowest BCUT2D eigenvalue weighted by atomic mass is 10.0. The first-order valence-corrected chi connectivity index (χ1v) is 11.7. The minimum absolute atomic E-state index is 0.0439. The summed E-state index contributed by atoms with van der Waals surface area (Å²) in [6, 6.07) is 4.33. The molecule has 4 aliphatic rings. The molecule has 0 spiro atoms. The summed E-state index contributed by atoms with van der Waals surface area (Å²) >= 11 is 0. The lowest BCUT2D eigenvalue weighted by molar-refractivity contribution is -0.0494. The molecule has 1 aliphatic heterocycles. The van der Waals surface area contributed by atoms with Gasteiger partial charge >= 0.3 is 6.61 Å². The van der Waals surface area contributed by atoms with Crippen molar-refractivity contribution < 1.29 is 18.3 Å². The lowest BCUT2D eigenvalue weighted by Crippen LogP contribution is -2.43. The molecule has 3 saturated carbocycles. The standard InChI is InChI=1S/C23H29F2N5O2/c24-23(25)32-20-7-14(11-27-22(20)26)18-10-19(30(28-18)12-13-1-2-13)21-16-8-15(9-17(16)21)29-3-5-31-6-4-29/h7,10-11,13,15-17,21,23H,1-6,8-9,12H2,(H2,26,27)/t15?,16-,17+,21?. The molecule has 3 aliphatic carbocycles. The number of halogens is 2. The number of fused-ring (bicyclic) bond motifs is 1. The largest absolute Gasteiger partial charge is 0.431 e. The zero-order valence-corrected chi connectivity index (χ0v) is 18.0. The molecular weight excluding hydrogens is 416 g/mol. The molecule has 4 atom stereocenters. The van der Waals surface area contributed by atoms with Gasteiger partial charge in [-0.2, -0.15) is 13.9 Å². The summed E-state index contributed by atoms with van der Waals surface area (Å²) in [6.45, 7) is 1.78. The highest BCUT2D eigenvalue weighted by Gasteiger charge is 2.58. The fourth-order valence-corrected chi connectivity index (χ4v) is 5.81. The fraction of sp³-hybridized carbons (Fsp3) is 0.652. The minimum atomic E-state index is -2.94. The van der Waals surface area contributed by atoms with Crippen LogP contribution >= 0.6 is 0 Å². The highest BCUT2D eigenvalue weighted by Crippen LogP contribution is 2.64. The van der Waals surface area contributed by atoms with Crippen LogP contribution < -0.4 is 10.5 Å². The van der Waals surface area contributed by atoms with Gasteiger partial charge in [0.25, 0.3) is 0 Å². The summed E-state index contributed by atoms with van der Waals surface area (Å²) in [5.41, 5.74) is 8.41. The third kappa shape index (κ3) is 3.85. The average Bonchev–Trinajstić information content (AvgIpc) is 3.63. The van der Waals surface area contributed by atoms with Crippen molar-refractivity contribution in [2.24, 2.45) is 17.8 Å². The Hall–Kier alpha value is -2.26. The van der Waals surface area contributed by atoms with Crippen molar-refractivity contribution in [2.45, 2.75) is 50.8 Å². The van der Waals surface area contributed by atoms with E-state index in [1.165, 1.54) is 37.4 Å². The van der Waals surface area contributed by atoms with Crippen molar-refractivity contribution in [3.8, 4) is 17.0 Å². The van der Waals surface area contributed by atoms with Crippen molar-refractivity contribution in [1.82, 2.24) is 19.7 Å². The van der Waals surface area contributed by atoms with E-state index in [2.05, 4.69) is 25.4 Å². The predicted molar refractivity (Wildman–Crippen MR) is 114 cm³/mol. The predicted octanol–water partition coefficient (Wildman–Crippen LogP) is 3.36. The number of ether oxygens (including phenoxy) is 2. The number of hydrogen-bond donors (Lipinski definition) is 1. The smallest absolute Gasteiger partial charge is 0.387 e. The number of alkyl halides is 2. The molecule has 32 heavy (non-hydrogen) atoms. The summed E-state index contributed by atoms with van der Waals surface area (Å²) in [5.74, 6) is 2.53. The molecule has 9 heteroatoms. The monoisotopic (exact) mass is 445 g/mol. The summed E-state index contributed by atoms with van der Waals surface area (Å²) < 4.78 is 37.7. The summed E-state index contributed by atoms with van der Waals surface area (Å²) in [7, 11) is 0. The van der Waals surface area contributed by atoms with Gasteiger partial charge in [0.15, 0.2) is 11.6 Å². The maximum Gasteiger partial charge on any atom is 0.387 e. The van der Waals surface area contributed by atoms with Crippen LogP contribution in [-0.4, -0.2) is 58.6 Å². The van der Waals surface area contributed by atoms with E-state index < -0.39 is 6.61 Å². The minimum Gasteiger partial charge on any atom is -0.431 e. The van der Waals surface area contributed by atoms with Gasteiger partial charge in [-0.15, -0.1) is 0 Å². The number of nitrogens with zero attached hydrogens (tertiary/aromatic N) is 4.